The van der Waals surface area contributed by atoms with Gasteiger partial charge >= 0.3 is 0 Å². The van der Waals surface area contributed by atoms with E-state index in [1.165, 1.54) is 0 Å². The molecule has 7 aromatic rings. The minimum Gasteiger partial charge on any atom is -0.245 e. The van der Waals surface area contributed by atoms with E-state index in [2.05, 4.69) is 65.8 Å². The molecule has 278 valence electrons. The first-order valence-electron chi connectivity index (χ1n) is 19.1. The van der Waals surface area contributed by atoms with Crippen LogP contribution in [0.5, 0.6) is 0 Å². The van der Waals surface area contributed by atoms with Crippen molar-refractivity contribution < 1.29 is 0 Å². The van der Waals surface area contributed by atoms with Crippen LogP contribution in [0.15, 0.2) is 133 Å². The molecule has 2 aromatic heterocycles. The van der Waals surface area contributed by atoms with Gasteiger partial charge in [0.1, 0.15) is 24.3 Å². The summed E-state index contributed by atoms with van der Waals surface area (Å²) in [5.74, 6) is 0. The topological polar surface area (TPSA) is 121 Å². The molecule has 58 heavy (non-hydrogen) atoms. The Morgan fingerprint density at radius 3 is 0.862 bits per heavy atom. The quantitative estimate of drug-likeness (QED) is 0.167. The molecule has 2 heterocycles. The van der Waals surface area contributed by atoms with Gasteiger partial charge in [-0.05, 0) is 33.1 Å². The summed E-state index contributed by atoms with van der Waals surface area (Å²) in [5.41, 5.74) is 9.18. The molecule has 7 rings (SSSR count). The predicted octanol–water partition coefficient (Wildman–Crippen LogP) is 12.6. The number of nitriles is 4. The molecule has 0 fully saturated rings. The van der Waals surface area contributed by atoms with E-state index >= 15 is 0 Å². The van der Waals surface area contributed by atoms with Crippen molar-refractivity contribution in [3.8, 4) is 91.6 Å². The average Bonchev–Trinajstić information content (AvgIpc) is 3.24. The maximum atomic E-state index is 11.1. The number of benzene rings is 5. The second-order valence-electron chi connectivity index (χ2n) is 16.2. The Balaban J connectivity index is 1.61. The Kier molecular flexibility index (Phi) is 10.3. The van der Waals surface area contributed by atoms with Gasteiger partial charge in [-0.25, -0.2) is 9.97 Å². The highest BCUT2D eigenvalue weighted by atomic mass is 14.7. The lowest BCUT2D eigenvalue weighted by atomic mass is 9.82. The molecule has 0 saturated heterocycles. The molecule has 6 heteroatoms. The van der Waals surface area contributed by atoms with Crippen LogP contribution >= 0.6 is 0 Å². The molecule has 0 amide bonds. The van der Waals surface area contributed by atoms with Crippen molar-refractivity contribution in [2.45, 2.75) is 52.4 Å². The zero-order chi connectivity index (χ0) is 41.2. The zero-order valence-electron chi connectivity index (χ0n) is 33.4. The summed E-state index contributed by atoms with van der Waals surface area (Å²) < 4.78 is 0. The molecule has 0 unspecified atom stereocenters. The third-order valence-corrected chi connectivity index (χ3v) is 10.5. The predicted molar refractivity (Wildman–Crippen MR) is 231 cm³/mol. The van der Waals surface area contributed by atoms with E-state index in [1.54, 1.807) is 0 Å². The summed E-state index contributed by atoms with van der Waals surface area (Å²) in [6.45, 7) is 12.9. The lowest BCUT2D eigenvalue weighted by molar-refractivity contribution is 0.590. The van der Waals surface area contributed by atoms with Crippen molar-refractivity contribution >= 4 is 0 Å². The molecule has 0 saturated carbocycles. The van der Waals surface area contributed by atoms with Crippen LogP contribution in [0, 0.1) is 45.3 Å². The molecule has 0 radical (unpaired) electrons. The first kappa shape index (κ1) is 38.6. The fourth-order valence-electron chi connectivity index (χ4n) is 7.35. The van der Waals surface area contributed by atoms with E-state index in [4.69, 9.17) is 9.97 Å². The SMILES string of the molecule is CC(C)(C)c1ccc(-c2nc(-c3ccccc3)c(C#N)c(-c3ccccc3-c3c(C#N)c(-c4ccccc4)nc(-c4ccc(C(C)(C)C)cc4)c3C#N)c2C#N)cc1. The van der Waals surface area contributed by atoms with E-state index in [-0.39, 0.29) is 33.1 Å². The number of hydrogen-bond acceptors (Lipinski definition) is 6. The molecule has 0 atom stereocenters. The first-order valence-corrected chi connectivity index (χ1v) is 19.1. The van der Waals surface area contributed by atoms with Gasteiger partial charge in [0.25, 0.3) is 0 Å². The van der Waals surface area contributed by atoms with Crippen LogP contribution in [0.1, 0.15) is 74.9 Å². The van der Waals surface area contributed by atoms with Crippen molar-refractivity contribution in [3.05, 3.63) is 167 Å². The minimum absolute atomic E-state index is 0.0957. The van der Waals surface area contributed by atoms with Gasteiger partial charge in [0.05, 0.1) is 45.0 Å². The largest absolute Gasteiger partial charge is 0.245 e. The summed E-state index contributed by atoms with van der Waals surface area (Å²) >= 11 is 0. The lowest BCUT2D eigenvalue weighted by Crippen LogP contribution is -2.10. The van der Waals surface area contributed by atoms with Gasteiger partial charge in [-0.3, -0.25) is 0 Å². The first-order chi connectivity index (χ1) is 27.9. The molecule has 0 N–H and O–H groups in total. The maximum absolute atomic E-state index is 11.1. The van der Waals surface area contributed by atoms with Gasteiger partial charge in [0.2, 0.25) is 0 Å². The highest BCUT2D eigenvalue weighted by Gasteiger charge is 2.29. The van der Waals surface area contributed by atoms with E-state index in [9.17, 15) is 21.0 Å². The zero-order valence-corrected chi connectivity index (χ0v) is 33.4. The fraction of sp³-hybridized carbons (Fsp3) is 0.154. The minimum atomic E-state index is -0.0957. The number of rotatable bonds is 6. The smallest absolute Gasteiger partial charge is 0.102 e. The van der Waals surface area contributed by atoms with Crippen molar-refractivity contribution in [1.82, 2.24) is 9.97 Å². The molecule has 0 bridgehead atoms. The summed E-state index contributed by atoms with van der Waals surface area (Å²) in [6.07, 6.45) is 0. The van der Waals surface area contributed by atoms with Gasteiger partial charge in [0.15, 0.2) is 0 Å². The summed E-state index contributed by atoms with van der Waals surface area (Å²) in [6, 6.07) is 52.0. The third-order valence-electron chi connectivity index (χ3n) is 10.5. The van der Waals surface area contributed by atoms with E-state index in [1.807, 2.05) is 133 Å². The Labute approximate surface area is 340 Å². The molecule has 0 aliphatic rings. The highest BCUT2D eigenvalue weighted by molar-refractivity contribution is 5.99. The van der Waals surface area contributed by atoms with Crippen LogP contribution in [0.2, 0.25) is 0 Å². The van der Waals surface area contributed by atoms with Crippen LogP contribution in [-0.2, 0) is 10.8 Å². The molecule has 5 aromatic carbocycles. The standard InChI is InChI=1S/C52H40N6/c1-51(2,3)37-25-21-35(22-26-37)49-43(31-55)45(41(29-53)47(57-49)33-15-9-7-10-16-33)39-19-13-14-20-40(39)46-42(30-54)48(34-17-11-8-12-18-34)58-50(44(46)32-56)36-23-27-38(28-24-36)52(4,5)6/h7-28H,1-6H3. The molecular formula is C52H40N6. The van der Waals surface area contributed by atoms with E-state index in [0.29, 0.717) is 56.2 Å². The van der Waals surface area contributed by atoms with Crippen LogP contribution < -0.4 is 0 Å². The molecule has 0 aliphatic carbocycles. The van der Waals surface area contributed by atoms with Crippen LogP contribution in [-0.4, -0.2) is 9.97 Å². The second kappa shape index (κ2) is 15.5. The molecular weight excluding hydrogens is 709 g/mol. The summed E-state index contributed by atoms with van der Waals surface area (Å²) in [4.78, 5) is 10.1. The van der Waals surface area contributed by atoms with Gasteiger partial charge < -0.3 is 0 Å². The van der Waals surface area contributed by atoms with E-state index in [0.717, 1.165) is 22.3 Å². The Morgan fingerprint density at radius 2 is 0.603 bits per heavy atom. The number of aromatic nitrogens is 2. The molecule has 0 aliphatic heterocycles. The summed E-state index contributed by atoms with van der Waals surface area (Å²) in [7, 11) is 0. The monoisotopic (exact) mass is 748 g/mol. The van der Waals surface area contributed by atoms with Gasteiger partial charge in [-0.15, -0.1) is 0 Å². The van der Waals surface area contributed by atoms with Crippen molar-refractivity contribution in [3.63, 3.8) is 0 Å². The Bertz CT molecular complexity index is 2650. The number of pyridine rings is 2. The van der Waals surface area contributed by atoms with Crippen LogP contribution in [0.4, 0.5) is 0 Å². The Morgan fingerprint density at radius 1 is 0.345 bits per heavy atom. The van der Waals surface area contributed by atoms with E-state index < -0.39 is 0 Å². The second-order valence-corrected chi connectivity index (χ2v) is 16.2. The Hall–Kier alpha value is -7.64. The summed E-state index contributed by atoms with van der Waals surface area (Å²) in [5, 5.41) is 44.3. The maximum Gasteiger partial charge on any atom is 0.102 e. The lowest BCUT2D eigenvalue weighted by Gasteiger charge is -2.22. The molecule has 6 nitrogen and oxygen atoms in total. The van der Waals surface area contributed by atoms with Gasteiger partial charge in [-0.1, -0.05) is 175 Å². The van der Waals surface area contributed by atoms with Crippen molar-refractivity contribution in [2.24, 2.45) is 0 Å². The van der Waals surface area contributed by atoms with Crippen molar-refractivity contribution in [1.29, 1.82) is 21.0 Å². The van der Waals surface area contributed by atoms with Crippen LogP contribution in [0.25, 0.3) is 67.3 Å². The van der Waals surface area contributed by atoms with Crippen molar-refractivity contribution in [2.75, 3.05) is 0 Å². The van der Waals surface area contributed by atoms with Gasteiger partial charge in [-0.2, -0.15) is 21.0 Å². The highest BCUT2D eigenvalue weighted by Crippen LogP contribution is 2.46. The number of hydrogen-bond donors (Lipinski definition) is 0. The molecule has 0 spiro atoms. The van der Waals surface area contributed by atoms with Gasteiger partial charge in [0, 0.05) is 33.4 Å². The third kappa shape index (κ3) is 7.13. The fourth-order valence-corrected chi connectivity index (χ4v) is 7.35. The number of nitrogens with zero attached hydrogens (tertiary/aromatic N) is 6. The average molecular weight is 749 g/mol. The van der Waals surface area contributed by atoms with Crippen LogP contribution in [0.3, 0.4) is 0 Å². The normalized spacial score (nSPS) is 11.2.